The third kappa shape index (κ3) is 3.34. The Balaban J connectivity index is 2.18. The van der Waals surface area contributed by atoms with E-state index in [9.17, 15) is 10.1 Å². The van der Waals surface area contributed by atoms with Crippen LogP contribution in [-0.4, -0.2) is 27.5 Å². The van der Waals surface area contributed by atoms with Gasteiger partial charge in [0.1, 0.15) is 12.4 Å². The van der Waals surface area contributed by atoms with Crippen molar-refractivity contribution in [3.63, 3.8) is 0 Å². The molecule has 1 aromatic heterocycles. The second-order valence-corrected chi connectivity index (χ2v) is 5.16. The van der Waals surface area contributed by atoms with Crippen LogP contribution in [0.3, 0.4) is 0 Å². The molecule has 1 N–H and O–H groups in total. The van der Waals surface area contributed by atoms with Gasteiger partial charge in [0.15, 0.2) is 0 Å². The molecule has 1 aliphatic carbocycles. The van der Waals surface area contributed by atoms with Crippen molar-refractivity contribution in [1.29, 1.82) is 0 Å². The molecule has 1 aromatic rings. The molecule has 0 aromatic carbocycles. The fourth-order valence-corrected chi connectivity index (χ4v) is 2.42. The van der Waals surface area contributed by atoms with Gasteiger partial charge in [0, 0.05) is 6.54 Å². The third-order valence-electron chi connectivity index (χ3n) is 3.56. The summed E-state index contributed by atoms with van der Waals surface area (Å²) in [6, 6.07) is 0. The van der Waals surface area contributed by atoms with E-state index in [1.54, 1.807) is 0 Å². The Bertz CT molecular complexity index is 473. The van der Waals surface area contributed by atoms with Gasteiger partial charge in [-0.2, -0.15) is 4.98 Å². The number of hydrogen-bond acceptors (Lipinski definition) is 6. The Morgan fingerprint density at radius 3 is 2.70 bits per heavy atom. The molecule has 0 bridgehead atoms. The van der Waals surface area contributed by atoms with Crippen molar-refractivity contribution in [2.24, 2.45) is 5.92 Å². The van der Waals surface area contributed by atoms with Gasteiger partial charge in [0.05, 0.1) is 4.92 Å². The highest BCUT2D eigenvalue weighted by molar-refractivity contribution is 5.61. The molecule has 7 heteroatoms. The lowest BCUT2D eigenvalue weighted by atomic mass is 9.89. The maximum absolute atomic E-state index is 11.2. The van der Waals surface area contributed by atoms with Crippen LogP contribution in [0.25, 0.3) is 0 Å². The molecule has 1 heterocycles. The zero-order valence-electron chi connectivity index (χ0n) is 11.8. The molecule has 0 unspecified atom stereocenters. The average molecular weight is 280 g/mol. The molecular formula is C13H20N4O3. The summed E-state index contributed by atoms with van der Waals surface area (Å²) >= 11 is 0. The standard InChI is InChI=1S/C13H20N4O3/c1-3-14-12-11(17(18)19)13(16-8-15-12)20-10-6-4-9(2)5-7-10/h8-10H,3-7H2,1-2H3,(H,14,15,16). The third-order valence-corrected chi connectivity index (χ3v) is 3.56. The van der Waals surface area contributed by atoms with E-state index in [-0.39, 0.29) is 23.5 Å². The zero-order chi connectivity index (χ0) is 14.5. The monoisotopic (exact) mass is 280 g/mol. The predicted molar refractivity (Wildman–Crippen MR) is 74.9 cm³/mol. The Labute approximate surface area is 117 Å². The second kappa shape index (κ2) is 6.49. The summed E-state index contributed by atoms with van der Waals surface area (Å²) < 4.78 is 5.75. The van der Waals surface area contributed by atoms with Gasteiger partial charge in [-0.25, -0.2) is 4.98 Å². The highest BCUT2D eigenvalue weighted by Crippen LogP contribution is 2.34. The molecule has 1 aliphatic rings. The number of rotatable bonds is 5. The maximum atomic E-state index is 11.2. The molecule has 0 atom stereocenters. The molecule has 7 nitrogen and oxygen atoms in total. The van der Waals surface area contributed by atoms with Crippen LogP contribution in [0.1, 0.15) is 39.5 Å². The van der Waals surface area contributed by atoms with Gasteiger partial charge in [0.2, 0.25) is 5.82 Å². The summed E-state index contributed by atoms with van der Waals surface area (Å²) in [6.45, 7) is 4.62. The van der Waals surface area contributed by atoms with Crippen LogP contribution in [0, 0.1) is 16.0 Å². The van der Waals surface area contributed by atoms with Gasteiger partial charge in [-0.15, -0.1) is 0 Å². The van der Waals surface area contributed by atoms with Crippen LogP contribution >= 0.6 is 0 Å². The number of nitrogens with one attached hydrogen (secondary N) is 1. The minimum absolute atomic E-state index is 0.00859. The lowest BCUT2D eigenvalue weighted by molar-refractivity contribution is -0.385. The van der Waals surface area contributed by atoms with Crippen LogP contribution in [0.4, 0.5) is 11.5 Å². The molecule has 1 fully saturated rings. The van der Waals surface area contributed by atoms with Crippen molar-refractivity contribution >= 4 is 11.5 Å². The SMILES string of the molecule is CCNc1ncnc(OC2CCC(C)CC2)c1[N+](=O)[O-]. The summed E-state index contributed by atoms with van der Waals surface area (Å²) in [7, 11) is 0. The van der Waals surface area contributed by atoms with Crippen LogP contribution in [-0.2, 0) is 0 Å². The smallest absolute Gasteiger partial charge is 0.372 e. The van der Waals surface area contributed by atoms with Crippen molar-refractivity contribution in [3.8, 4) is 5.88 Å². The highest BCUT2D eigenvalue weighted by atomic mass is 16.6. The average Bonchev–Trinajstić information content (AvgIpc) is 2.41. The van der Waals surface area contributed by atoms with Crippen LogP contribution in [0.5, 0.6) is 5.88 Å². The van der Waals surface area contributed by atoms with Crippen molar-refractivity contribution in [3.05, 3.63) is 16.4 Å². The molecular weight excluding hydrogens is 260 g/mol. The molecule has 0 saturated heterocycles. The Kier molecular flexibility index (Phi) is 4.70. The van der Waals surface area contributed by atoms with Crippen LogP contribution in [0.15, 0.2) is 6.33 Å². The quantitative estimate of drug-likeness (QED) is 0.658. The second-order valence-electron chi connectivity index (χ2n) is 5.16. The van der Waals surface area contributed by atoms with Gasteiger partial charge in [-0.3, -0.25) is 10.1 Å². The summed E-state index contributed by atoms with van der Waals surface area (Å²) in [5.74, 6) is 0.986. The molecule has 110 valence electrons. The van der Waals surface area contributed by atoms with Crippen molar-refractivity contribution in [2.75, 3.05) is 11.9 Å². The molecule has 0 spiro atoms. The van der Waals surface area contributed by atoms with E-state index in [0.717, 1.165) is 25.7 Å². The number of hydrogen-bond donors (Lipinski definition) is 1. The Hall–Kier alpha value is -1.92. The van der Waals surface area contributed by atoms with Crippen molar-refractivity contribution in [1.82, 2.24) is 9.97 Å². The van der Waals surface area contributed by atoms with E-state index in [1.807, 2.05) is 6.92 Å². The number of ether oxygens (including phenoxy) is 1. The first-order valence-corrected chi connectivity index (χ1v) is 7.01. The fraction of sp³-hybridized carbons (Fsp3) is 0.692. The van der Waals surface area contributed by atoms with Crippen LogP contribution in [0.2, 0.25) is 0 Å². The van der Waals surface area contributed by atoms with Crippen LogP contribution < -0.4 is 10.1 Å². The highest BCUT2D eigenvalue weighted by Gasteiger charge is 2.28. The molecule has 2 rings (SSSR count). The first-order chi connectivity index (χ1) is 9.61. The lowest BCUT2D eigenvalue weighted by Gasteiger charge is -2.26. The maximum Gasteiger partial charge on any atom is 0.372 e. The van der Waals surface area contributed by atoms with E-state index in [1.165, 1.54) is 6.33 Å². The minimum Gasteiger partial charge on any atom is -0.469 e. The molecule has 1 saturated carbocycles. The summed E-state index contributed by atoms with van der Waals surface area (Å²) in [5, 5.41) is 14.1. The minimum atomic E-state index is -0.487. The Morgan fingerprint density at radius 2 is 2.10 bits per heavy atom. The Morgan fingerprint density at radius 1 is 1.40 bits per heavy atom. The lowest BCUT2D eigenvalue weighted by Crippen LogP contribution is -2.24. The van der Waals surface area contributed by atoms with E-state index in [4.69, 9.17) is 4.74 Å². The number of nitro groups is 1. The zero-order valence-corrected chi connectivity index (χ0v) is 11.8. The summed E-state index contributed by atoms with van der Waals surface area (Å²) in [5.41, 5.74) is -0.173. The van der Waals surface area contributed by atoms with Gasteiger partial charge < -0.3 is 10.1 Å². The van der Waals surface area contributed by atoms with Crippen molar-refractivity contribution in [2.45, 2.75) is 45.6 Å². The number of anilines is 1. The summed E-state index contributed by atoms with van der Waals surface area (Å²) in [4.78, 5) is 18.6. The van der Waals surface area contributed by atoms with E-state index in [0.29, 0.717) is 12.5 Å². The van der Waals surface area contributed by atoms with E-state index in [2.05, 4.69) is 22.2 Å². The number of nitrogens with zero attached hydrogens (tertiary/aromatic N) is 3. The van der Waals surface area contributed by atoms with E-state index >= 15 is 0 Å². The molecule has 0 radical (unpaired) electrons. The van der Waals surface area contributed by atoms with Crippen molar-refractivity contribution < 1.29 is 9.66 Å². The summed E-state index contributed by atoms with van der Waals surface area (Å²) in [6.07, 6.45) is 5.31. The van der Waals surface area contributed by atoms with Gasteiger partial charge in [-0.05, 0) is 38.5 Å². The predicted octanol–water partition coefficient (Wildman–Crippen LogP) is 2.77. The molecule has 20 heavy (non-hydrogen) atoms. The number of aromatic nitrogens is 2. The largest absolute Gasteiger partial charge is 0.469 e. The van der Waals surface area contributed by atoms with Gasteiger partial charge >= 0.3 is 5.69 Å². The van der Waals surface area contributed by atoms with E-state index < -0.39 is 4.92 Å². The molecule has 0 aliphatic heterocycles. The first kappa shape index (κ1) is 14.5. The topological polar surface area (TPSA) is 90.2 Å². The normalized spacial score (nSPS) is 22.3. The molecule has 0 amide bonds. The fourth-order valence-electron chi connectivity index (χ4n) is 2.42. The van der Waals surface area contributed by atoms with Gasteiger partial charge in [0.25, 0.3) is 5.88 Å². The van der Waals surface area contributed by atoms with Gasteiger partial charge in [-0.1, -0.05) is 6.92 Å². The first-order valence-electron chi connectivity index (χ1n) is 7.01.